The maximum Gasteiger partial charge on any atom is 0.320 e. The summed E-state index contributed by atoms with van der Waals surface area (Å²) in [6.45, 7) is 1.63. The standard InChI is InChI=1S/C10H19N5O/c1-14(2)8-4-6-11-10(16)13-9-5-7-12-15(9)3/h5,7H,4,6,8H2,1-3H3,(H2,11,13,16). The lowest BCUT2D eigenvalue weighted by Gasteiger charge is -2.10. The van der Waals surface area contributed by atoms with Gasteiger partial charge >= 0.3 is 6.03 Å². The fraction of sp³-hybridized carbons (Fsp3) is 0.600. The van der Waals surface area contributed by atoms with E-state index < -0.39 is 0 Å². The van der Waals surface area contributed by atoms with Crippen LogP contribution in [0.15, 0.2) is 12.3 Å². The molecule has 0 bridgehead atoms. The van der Waals surface area contributed by atoms with Gasteiger partial charge < -0.3 is 10.2 Å². The molecule has 90 valence electrons. The van der Waals surface area contributed by atoms with Crippen molar-refractivity contribution in [3.8, 4) is 0 Å². The van der Waals surface area contributed by atoms with Crippen LogP contribution < -0.4 is 10.6 Å². The third kappa shape index (κ3) is 4.31. The zero-order valence-electron chi connectivity index (χ0n) is 10.0. The lowest BCUT2D eigenvalue weighted by Crippen LogP contribution is -2.31. The molecule has 6 heteroatoms. The first-order valence-electron chi connectivity index (χ1n) is 5.27. The van der Waals surface area contributed by atoms with Crippen LogP contribution in [0, 0.1) is 0 Å². The number of rotatable bonds is 5. The number of hydrogen-bond donors (Lipinski definition) is 2. The molecule has 0 aromatic carbocycles. The molecule has 1 aromatic heterocycles. The predicted octanol–water partition coefficient (Wildman–Crippen LogP) is 0.493. The smallest absolute Gasteiger partial charge is 0.320 e. The molecule has 0 spiro atoms. The molecule has 2 N–H and O–H groups in total. The average Bonchev–Trinajstić information content (AvgIpc) is 2.59. The van der Waals surface area contributed by atoms with Gasteiger partial charge in [-0.3, -0.25) is 10.00 Å². The van der Waals surface area contributed by atoms with E-state index in [1.165, 1.54) is 0 Å². The molecule has 0 saturated heterocycles. The molecular weight excluding hydrogens is 206 g/mol. The van der Waals surface area contributed by atoms with Crippen LogP contribution in [0.5, 0.6) is 0 Å². The monoisotopic (exact) mass is 225 g/mol. The number of nitrogens with one attached hydrogen (secondary N) is 2. The molecule has 16 heavy (non-hydrogen) atoms. The van der Waals surface area contributed by atoms with Crippen molar-refractivity contribution in [2.24, 2.45) is 7.05 Å². The van der Waals surface area contributed by atoms with E-state index in [9.17, 15) is 4.79 Å². The Kier molecular flexibility index (Phi) is 4.78. The summed E-state index contributed by atoms with van der Waals surface area (Å²) in [7, 11) is 5.80. The summed E-state index contributed by atoms with van der Waals surface area (Å²) in [5, 5.41) is 9.46. The molecule has 0 atom stereocenters. The van der Waals surface area contributed by atoms with Gasteiger partial charge in [0.25, 0.3) is 0 Å². The number of anilines is 1. The number of hydrogen-bond acceptors (Lipinski definition) is 3. The molecule has 0 aliphatic rings. The Balaban J connectivity index is 2.19. The second-order valence-electron chi connectivity index (χ2n) is 3.88. The third-order valence-corrected chi connectivity index (χ3v) is 2.13. The number of nitrogens with zero attached hydrogens (tertiary/aromatic N) is 3. The van der Waals surface area contributed by atoms with E-state index in [0.717, 1.165) is 13.0 Å². The number of aryl methyl sites for hydroxylation is 1. The van der Waals surface area contributed by atoms with E-state index >= 15 is 0 Å². The molecule has 0 fully saturated rings. The van der Waals surface area contributed by atoms with Gasteiger partial charge in [0, 0.05) is 19.7 Å². The first-order chi connectivity index (χ1) is 7.59. The summed E-state index contributed by atoms with van der Waals surface area (Å²) in [4.78, 5) is 13.5. The van der Waals surface area contributed by atoms with E-state index in [4.69, 9.17) is 0 Å². The van der Waals surface area contributed by atoms with Crippen molar-refractivity contribution in [2.45, 2.75) is 6.42 Å². The predicted molar refractivity (Wildman–Crippen MR) is 63.4 cm³/mol. The fourth-order valence-corrected chi connectivity index (χ4v) is 1.25. The highest BCUT2D eigenvalue weighted by atomic mass is 16.2. The number of aromatic nitrogens is 2. The van der Waals surface area contributed by atoms with Gasteiger partial charge in [-0.25, -0.2) is 4.79 Å². The minimum Gasteiger partial charge on any atom is -0.338 e. The fourth-order valence-electron chi connectivity index (χ4n) is 1.25. The zero-order chi connectivity index (χ0) is 12.0. The van der Waals surface area contributed by atoms with Gasteiger partial charge in [0.1, 0.15) is 5.82 Å². The van der Waals surface area contributed by atoms with Crippen LogP contribution in [-0.4, -0.2) is 47.9 Å². The quantitative estimate of drug-likeness (QED) is 0.717. The topological polar surface area (TPSA) is 62.2 Å². The first kappa shape index (κ1) is 12.5. The van der Waals surface area contributed by atoms with Crippen LogP contribution in [-0.2, 0) is 7.05 Å². The molecule has 0 aliphatic heterocycles. The van der Waals surface area contributed by atoms with E-state index in [1.807, 2.05) is 14.1 Å². The molecule has 1 aromatic rings. The van der Waals surface area contributed by atoms with E-state index in [1.54, 1.807) is 24.0 Å². The third-order valence-electron chi connectivity index (χ3n) is 2.13. The number of carbonyl (C=O) groups excluding carboxylic acids is 1. The van der Waals surface area contributed by atoms with E-state index in [0.29, 0.717) is 12.4 Å². The molecule has 0 unspecified atom stereocenters. The highest BCUT2D eigenvalue weighted by Gasteiger charge is 2.03. The number of urea groups is 1. The molecule has 6 nitrogen and oxygen atoms in total. The minimum atomic E-state index is -0.192. The van der Waals surface area contributed by atoms with E-state index in [2.05, 4.69) is 20.6 Å². The Morgan fingerprint density at radius 2 is 2.31 bits per heavy atom. The Morgan fingerprint density at radius 3 is 2.88 bits per heavy atom. The number of amides is 2. The summed E-state index contributed by atoms with van der Waals surface area (Å²) in [6.07, 6.45) is 2.58. The van der Waals surface area contributed by atoms with Crippen molar-refractivity contribution in [2.75, 3.05) is 32.5 Å². The number of carbonyl (C=O) groups is 1. The van der Waals surface area contributed by atoms with Gasteiger partial charge in [0.15, 0.2) is 0 Å². The van der Waals surface area contributed by atoms with Crippen molar-refractivity contribution in [1.29, 1.82) is 0 Å². The summed E-state index contributed by atoms with van der Waals surface area (Å²) in [5.74, 6) is 0.685. The largest absolute Gasteiger partial charge is 0.338 e. The Labute approximate surface area is 95.6 Å². The average molecular weight is 225 g/mol. The van der Waals surface area contributed by atoms with Crippen molar-refractivity contribution >= 4 is 11.8 Å². The Hall–Kier alpha value is -1.56. The van der Waals surface area contributed by atoms with Crippen LogP contribution in [0.25, 0.3) is 0 Å². The Bertz CT molecular complexity index is 334. The van der Waals surface area contributed by atoms with Gasteiger partial charge in [0.05, 0.1) is 6.20 Å². The SMILES string of the molecule is CN(C)CCCNC(=O)Nc1ccnn1C. The molecule has 1 rings (SSSR count). The first-order valence-corrected chi connectivity index (χ1v) is 5.27. The molecule has 2 amide bonds. The van der Waals surface area contributed by atoms with Crippen molar-refractivity contribution in [1.82, 2.24) is 20.0 Å². The van der Waals surface area contributed by atoms with Gasteiger partial charge in [0.2, 0.25) is 0 Å². The highest BCUT2D eigenvalue weighted by Crippen LogP contribution is 2.02. The van der Waals surface area contributed by atoms with Gasteiger partial charge in [-0.2, -0.15) is 5.10 Å². The molecule has 0 saturated carbocycles. The lowest BCUT2D eigenvalue weighted by atomic mass is 10.4. The van der Waals surface area contributed by atoms with E-state index in [-0.39, 0.29) is 6.03 Å². The van der Waals surface area contributed by atoms with Gasteiger partial charge in [-0.05, 0) is 27.1 Å². The maximum atomic E-state index is 11.4. The summed E-state index contributed by atoms with van der Waals surface area (Å²) in [6, 6.07) is 1.56. The second-order valence-corrected chi connectivity index (χ2v) is 3.88. The van der Waals surface area contributed by atoms with Gasteiger partial charge in [-0.1, -0.05) is 0 Å². The molecule has 0 radical (unpaired) electrons. The molecule has 1 heterocycles. The summed E-state index contributed by atoms with van der Waals surface area (Å²) < 4.78 is 1.61. The van der Waals surface area contributed by atoms with Gasteiger partial charge in [-0.15, -0.1) is 0 Å². The van der Waals surface area contributed by atoms with Crippen LogP contribution in [0.2, 0.25) is 0 Å². The van der Waals surface area contributed by atoms with Crippen LogP contribution in [0.4, 0.5) is 10.6 Å². The molecule has 0 aliphatic carbocycles. The zero-order valence-corrected chi connectivity index (χ0v) is 10.0. The molecular formula is C10H19N5O. The minimum absolute atomic E-state index is 0.192. The summed E-state index contributed by atoms with van der Waals surface area (Å²) in [5.41, 5.74) is 0. The highest BCUT2D eigenvalue weighted by molar-refractivity contribution is 5.88. The summed E-state index contributed by atoms with van der Waals surface area (Å²) >= 11 is 0. The van der Waals surface area contributed by atoms with Crippen LogP contribution >= 0.6 is 0 Å². The van der Waals surface area contributed by atoms with Crippen LogP contribution in [0.3, 0.4) is 0 Å². The van der Waals surface area contributed by atoms with Crippen molar-refractivity contribution < 1.29 is 4.79 Å². The maximum absolute atomic E-state index is 11.4. The second kappa shape index (κ2) is 6.12. The Morgan fingerprint density at radius 1 is 1.56 bits per heavy atom. The van der Waals surface area contributed by atoms with Crippen molar-refractivity contribution in [3.05, 3.63) is 12.3 Å². The van der Waals surface area contributed by atoms with Crippen LogP contribution in [0.1, 0.15) is 6.42 Å². The lowest BCUT2D eigenvalue weighted by molar-refractivity contribution is 0.251. The van der Waals surface area contributed by atoms with Crippen molar-refractivity contribution in [3.63, 3.8) is 0 Å². The normalized spacial score (nSPS) is 10.5.